The van der Waals surface area contributed by atoms with E-state index >= 15 is 0 Å². The van der Waals surface area contributed by atoms with Crippen molar-refractivity contribution in [2.45, 2.75) is 97.2 Å². The second-order valence-corrected chi connectivity index (χ2v) is 10.2. The van der Waals surface area contributed by atoms with Crippen LogP contribution < -0.4 is 22.1 Å². The minimum absolute atomic E-state index is 0.00121. The van der Waals surface area contributed by atoms with Crippen LogP contribution in [0, 0.1) is 23.7 Å². The van der Waals surface area contributed by atoms with Crippen molar-refractivity contribution in [3.8, 4) is 0 Å². The first-order valence-electron chi connectivity index (χ1n) is 13.2. The molecule has 3 atom stereocenters. The lowest BCUT2D eigenvalue weighted by atomic mass is 9.82. The van der Waals surface area contributed by atoms with E-state index in [4.69, 9.17) is 7.15 Å². The fourth-order valence-electron chi connectivity index (χ4n) is 4.48. The molecule has 1 aliphatic rings. The highest BCUT2D eigenvalue weighted by Gasteiger charge is 2.29. The third kappa shape index (κ3) is 12.1. The van der Waals surface area contributed by atoms with Crippen LogP contribution in [-0.4, -0.2) is 48.2 Å². The number of hydrogen-bond acceptors (Lipinski definition) is 5. The molecule has 0 bridgehead atoms. The van der Waals surface area contributed by atoms with Gasteiger partial charge >= 0.3 is 6.03 Å². The summed E-state index contributed by atoms with van der Waals surface area (Å²) in [5, 5.41) is 5.19. The molecule has 35 heavy (non-hydrogen) atoms. The van der Waals surface area contributed by atoms with Crippen LogP contribution in [0.25, 0.3) is 0 Å². The average molecular weight is 500 g/mol. The van der Waals surface area contributed by atoms with Crippen LogP contribution in [0.2, 0.25) is 1.41 Å². The summed E-state index contributed by atoms with van der Waals surface area (Å²) in [7, 11) is 0. The Morgan fingerprint density at radius 1 is 1.03 bits per heavy atom. The van der Waals surface area contributed by atoms with Gasteiger partial charge in [0.25, 0.3) is 0 Å². The van der Waals surface area contributed by atoms with E-state index in [2.05, 4.69) is 10.6 Å². The Bertz CT molecular complexity index is 759. The van der Waals surface area contributed by atoms with Gasteiger partial charge in [-0.25, -0.2) is 9.18 Å². The average Bonchev–Trinajstić information content (AvgIpc) is 2.82. The number of ketones is 2. The minimum Gasteiger partial charge on any atom is -0.369 e. The number of hydrogen-bond donors (Lipinski definition) is 4. The van der Waals surface area contributed by atoms with Crippen molar-refractivity contribution in [3.05, 3.63) is 0 Å². The maximum atomic E-state index is 13.3. The van der Waals surface area contributed by atoms with E-state index in [-0.39, 0.29) is 61.0 Å². The number of primary amides is 2. The van der Waals surface area contributed by atoms with Crippen molar-refractivity contribution in [1.29, 1.82) is 0 Å². The van der Waals surface area contributed by atoms with Gasteiger partial charge in [0.2, 0.25) is 11.8 Å². The Morgan fingerprint density at radius 3 is 2.26 bits per heavy atom. The third-order valence-electron chi connectivity index (χ3n) is 6.70. The summed E-state index contributed by atoms with van der Waals surface area (Å²) in [6.07, 6.45) is 2.79. The molecule has 1 aliphatic carbocycles. The van der Waals surface area contributed by atoms with Gasteiger partial charge in [-0.05, 0) is 56.8 Å². The van der Waals surface area contributed by atoms with Crippen LogP contribution in [0.15, 0.2) is 0 Å². The molecule has 0 radical (unpaired) electrons. The summed E-state index contributed by atoms with van der Waals surface area (Å²) in [4.78, 5) is 60.9. The monoisotopic (exact) mass is 499 g/mol. The van der Waals surface area contributed by atoms with Crippen LogP contribution >= 0.6 is 0 Å². The van der Waals surface area contributed by atoms with E-state index in [1.807, 2.05) is 12.7 Å². The molecule has 1 unspecified atom stereocenters. The zero-order chi connectivity index (χ0) is 27.3. The van der Waals surface area contributed by atoms with E-state index < -0.39 is 30.1 Å². The van der Waals surface area contributed by atoms with Crippen molar-refractivity contribution in [3.63, 3.8) is 0 Å². The van der Waals surface area contributed by atoms with E-state index in [1.165, 1.54) is 0 Å². The number of nitrogens with two attached hydrogens (primary N) is 2. The number of carbonyl (C=O) groups is 5. The predicted molar refractivity (Wildman–Crippen MR) is 131 cm³/mol. The van der Waals surface area contributed by atoms with Gasteiger partial charge in [-0.2, -0.15) is 0 Å². The lowest BCUT2D eigenvalue weighted by Crippen LogP contribution is -2.45. The number of Topliss-reactive ketones (excluding diaryl/α,β-unsaturated/α-hetero) is 2. The molecular weight excluding hydrogens is 455 g/mol. The fraction of sp³-hybridized carbons (Fsp3) is 0.800. The molecule has 0 aromatic carbocycles. The molecule has 0 saturated heterocycles. The number of carbonyl (C=O) groups excluding carboxylic acids is 5. The molecule has 0 aromatic rings. The zero-order valence-electron chi connectivity index (χ0n) is 22.2. The minimum atomic E-state index is -0.803. The summed E-state index contributed by atoms with van der Waals surface area (Å²) >= 11 is 0. The molecule has 4 amide bonds. The van der Waals surface area contributed by atoms with Gasteiger partial charge in [0.05, 0.1) is 6.04 Å². The maximum absolute atomic E-state index is 13.3. The SMILES string of the molecule is [2H]NC(=O)[C@H](CCCNC(N)=O)CC(=O)[C@@H](NC(=O)CCC(C)CC(=O)C1CCC(F)CC1)C(C)C. The number of halogens is 1. The molecule has 6 N–H and O–H groups in total. The highest BCUT2D eigenvalue weighted by Crippen LogP contribution is 2.29. The summed E-state index contributed by atoms with van der Waals surface area (Å²) in [5.74, 6) is -2.13. The van der Waals surface area contributed by atoms with Crippen molar-refractivity contribution < 1.29 is 29.8 Å². The topological polar surface area (TPSA) is 161 Å². The zero-order valence-corrected chi connectivity index (χ0v) is 21.2. The first kappa shape index (κ1) is 28.7. The second kappa shape index (κ2) is 15.5. The second-order valence-electron chi connectivity index (χ2n) is 10.2. The normalized spacial score (nSPS) is 20.8. The van der Waals surface area contributed by atoms with Gasteiger partial charge in [-0.15, -0.1) is 0 Å². The van der Waals surface area contributed by atoms with Crippen molar-refractivity contribution >= 4 is 29.4 Å². The van der Waals surface area contributed by atoms with E-state index in [0.29, 0.717) is 44.9 Å². The summed E-state index contributed by atoms with van der Waals surface area (Å²) in [5.41, 5.74) is 6.83. The molecular formula is C25H43FN4O5. The van der Waals surface area contributed by atoms with Gasteiger partial charge < -0.3 is 22.1 Å². The molecule has 9 nitrogen and oxygen atoms in total. The Labute approximate surface area is 209 Å². The summed E-state index contributed by atoms with van der Waals surface area (Å²) in [6, 6.07) is -1.46. The molecule has 0 aliphatic heterocycles. The van der Waals surface area contributed by atoms with E-state index in [0.717, 1.165) is 0 Å². The van der Waals surface area contributed by atoms with Crippen LogP contribution in [0.4, 0.5) is 9.18 Å². The predicted octanol–water partition coefficient (Wildman–Crippen LogP) is 2.54. The fourth-order valence-corrected chi connectivity index (χ4v) is 4.48. The number of nitrogens with one attached hydrogen (secondary N) is 2. The van der Waals surface area contributed by atoms with Gasteiger partial charge in [-0.1, -0.05) is 20.8 Å². The Hall–Kier alpha value is -2.52. The van der Waals surface area contributed by atoms with Crippen LogP contribution in [0.1, 0.15) is 85.0 Å². The maximum Gasteiger partial charge on any atom is 0.312 e. The highest BCUT2D eigenvalue weighted by atomic mass is 19.1. The lowest BCUT2D eigenvalue weighted by Gasteiger charge is -2.25. The van der Waals surface area contributed by atoms with Gasteiger partial charge in [0.1, 0.15) is 12.0 Å². The van der Waals surface area contributed by atoms with Crippen molar-refractivity contribution in [2.24, 2.45) is 35.1 Å². The summed E-state index contributed by atoms with van der Waals surface area (Å²) < 4.78 is 20.5. The first-order valence-corrected chi connectivity index (χ1v) is 12.7. The van der Waals surface area contributed by atoms with Gasteiger partial charge in [-0.3, -0.25) is 19.2 Å². The Kier molecular flexibility index (Phi) is 12.7. The highest BCUT2D eigenvalue weighted by molar-refractivity contribution is 5.92. The number of urea groups is 1. The Balaban J connectivity index is 2.55. The molecule has 1 rings (SSSR count). The summed E-state index contributed by atoms with van der Waals surface area (Å²) in [6.45, 7) is 5.75. The van der Waals surface area contributed by atoms with E-state index in [9.17, 15) is 28.4 Å². The third-order valence-corrected chi connectivity index (χ3v) is 6.70. The molecule has 1 fully saturated rings. The first-order chi connectivity index (χ1) is 16.9. The van der Waals surface area contributed by atoms with Crippen LogP contribution in [-0.2, 0) is 19.2 Å². The van der Waals surface area contributed by atoms with E-state index in [1.54, 1.807) is 13.8 Å². The molecule has 0 spiro atoms. The number of amides is 4. The molecule has 200 valence electrons. The number of rotatable bonds is 16. The standard InChI is InChI=1S/C25H43FN4O5/c1-15(2)23(21(32)14-18(24(27)34)5-4-12-29-25(28)35)30-22(33)11-6-16(3)13-20(31)17-7-9-19(26)10-8-17/h15-19,23H,4-14H2,1-3H3,(H2,27,34)(H,30,33)(H3,28,29,35)/t16?,17?,18-,19?,23+/m1/s1/i/hD. The molecule has 1 saturated carbocycles. The lowest BCUT2D eigenvalue weighted by molar-refractivity contribution is -0.131. The van der Waals surface area contributed by atoms with Crippen molar-refractivity contribution in [1.82, 2.24) is 10.6 Å². The molecule has 0 heterocycles. The molecule has 10 heteroatoms. The molecule has 0 aromatic heterocycles. The number of alkyl halides is 1. The largest absolute Gasteiger partial charge is 0.369 e. The van der Waals surface area contributed by atoms with Crippen LogP contribution in [0.5, 0.6) is 0 Å². The van der Waals surface area contributed by atoms with Crippen LogP contribution in [0.3, 0.4) is 0 Å². The Morgan fingerprint density at radius 2 is 1.69 bits per heavy atom. The van der Waals surface area contributed by atoms with Gasteiger partial charge in [0, 0.05) is 37.6 Å². The quantitative estimate of drug-likeness (QED) is 0.240. The smallest absolute Gasteiger partial charge is 0.312 e. The van der Waals surface area contributed by atoms with Gasteiger partial charge in [0.15, 0.2) is 7.20 Å². The van der Waals surface area contributed by atoms with Crippen molar-refractivity contribution in [2.75, 3.05) is 6.54 Å².